The Balaban J connectivity index is 1.77. The van der Waals surface area contributed by atoms with Gasteiger partial charge in [0.15, 0.2) is 5.78 Å². The summed E-state index contributed by atoms with van der Waals surface area (Å²) in [6, 6.07) is 13.4. The number of nitrogens with zero attached hydrogens (tertiary/aromatic N) is 1. The highest BCUT2D eigenvalue weighted by molar-refractivity contribution is 7.98. The summed E-state index contributed by atoms with van der Waals surface area (Å²) in [5, 5.41) is 0. The number of carbonyl (C=O) groups excluding carboxylic acids is 1. The van der Waals surface area contributed by atoms with Crippen LogP contribution in [0.15, 0.2) is 58.3 Å². The van der Waals surface area contributed by atoms with Crippen LogP contribution in [0.25, 0.3) is 0 Å². The van der Waals surface area contributed by atoms with Crippen molar-refractivity contribution in [2.45, 2.75) is 22.8 Å². The highest BCUT2D eigenvalue weighted by Crippen LogP contribution is 2.31. The summed E-state index contributed by atoms with van der Waals surface area (Å²) >= 11 is 1.60. The van der Waals surface area contributed by atoms with Crippen molar-refractivity contribution >= 4 is 27.6 Å². The van der Waals surface area contributed by atoms with Gasteiger partial charge in [-0.1, -0.05) is 29.8 Å². The lowest BCUT2D eigenvalue weighted by Crippen LogP contribution is -2.19. The van der Waals surface area contributed by atoms with Crippen molar-refractivity contribution in [1.29, 1.82) is 0 Å². The second kappa shape index (κ2) is 6.11. The Morgan fingerprint density at radius 1 is 1.09 bits per heavy atom. The molecular formula is C17H17NO3S2. The summed E-state index contributed by atoms with van der Waals surface area (Å²) < 4.78 is 26.3. The fourth-order valence-electron chi connectivity index (χ4n) is 2.40. The van der Waals surface area contributed by atoms with Gasteiger partial charge in [-0.3, -0.25) is 4.79 Å². The molecule has 2 atom stereocenters. The molecule has 0 amide bonds. The number of ketones is 1. The van der Waals surface area contributed by atoms with Crippen LogP contribution in [0.1, 0.15) is 15.9 Å². The minimum atomic E-state index is -3.59. The van der Waals surface area contributed by atoms with Crippen LogP contribution >= 0.6 is 11.8 Å². The molecule has 4 nitrogen and oxygen atoms in total. The monoisotopic (exact) mass is 347 g/mol. The zero-order valence-corrected chi connectivity index (χ0v) is 14.5. The molecule has 2 unspecified atom stereocenters. The van der Waals surface area contributed by atoms with E-state index in [1.165, 1.54) is 4.31 Å². The highest BCUT2D eigenvalue weighted by Gasteiger charge is 2.49. The standard InChI is InChI=1S/C17H17NO3S2/c1-12-3-9-15(10-4-12)23(20,21)18-11-16(18)17(19)13-5-7-14(22-2)8-6-13/h3-10,16H,11H2,1-2H3. The average molecular weight is 347 g/mol. The predicted molar refractivity (Wildman–Crippen MR) is 91.4 cm³/mol. The minimum Gasteiger partial charge on any atom is -0.292 e. The molecule has 0 radical (unpaired) electrons. The molecule has 1 heterocycles. The third kappa shape index (κ3) is 3.20. The van der Waals surface area contributed by atoms with E-state index in [9.17, 15) is 13.2 Å². The van der Waals surface area contributed by atoms with E-state index in [1.807, 2.05) is 25.3 Å². The second-order valence-electron chi connectivity index (χ2n) is 5.50. The Morgan fingerprint density at radius 2 is 1.70 bits per heavy atom. The summed E-state index contributed by atoms with van der Waals surface area (Å²) in [5.74, 6) is -0.145. The molecule has 0 N–H and O–H groups in total. The van der Waals surface area contributed by atoms with Crippen LogP contribution in [0.2, 0.25) is 0 Å². The molecule has 1 fully saturated rings. The van der Waals surface area contributed by atoms with Gasteiger partial charge >= 0.3 is 0 Å². The second-order valence-corrected chi connectivity index (χ2v) is 8.27. The van der Waals surface area contributed by atoms with Gasteiger partial charge in [0.25, 0.3) is 0 Å². The van der Waals surface area contributed by atoms with Crippen molar-refractivity contribution in [2.75, 3.05) is 12.8 Å². The molecule has 3 rings (SSSR count). The maximum absolute atomic E-state index is 12.5. The normalized spacial score (nSPS) is 20.3. The number of hydrogen-bond donors (Lipinski definition) is 0. The Bertz CT molecular complexity index is 827. The molecule has 0 spiro atoms. The first-order valence-corrected chi connectivity index (χ1v) is 9.87. The van der Waals surface area contributed by atoms with E-state index < -0.39 is 16.1 Å². The largest absolute Gasteiger partial charge is 0.292 e. The molecule has 23 heavy (non-hydrogen) atoms. The number of carbonyl (C=O) groups is 1. The Labute approximate surface area is 140 Å². The molecule has 1 saturated heterocycles. The maximum Gasteiger partial charge on any atom is 0.243 e. The lowest BCUT2D eigenvalue weighted by Gasteiger charge is -2.07. The van der Waals surface area contributed by atoms with Gasteiger partial charge in [0, 0.05) is 17.0 Å². The van der Waals surface area contributed by atoms with Gasteiger partial charge in [-0.05, 0) is 37.4 Å². The smallest absolute Gasteiger partial charge is 0.243 e. The maximum atomic E-state index is 12.5. The Morgan fingerprint density at radius 3 is 2.26 bits per heavy atom. The lowest BCUT2D eigenvalue weighted by atomic mass is 10.1. The number of sulfonamides is 1. The van der Waals surface area contributed by atoms with Gasteiger partial charge in [-0.25, -0.2) is 8.42 Å². The number of thioether (sulfide) groups is 1. The molecule has 0 aromatic heterocycles. The Kier molecular flexibility index (Phi) is 4.31. The van der Waals surface area contributed by atoms with E-state index in [2.05, 4.69) is 0 Å². The molecule has 2 aromatic rings. The number of benzene rings is 2. The van der Waals surface area contributed by atoms with Gasteiger partial charge in [-0.15, -0.1) is 11.8 Å². The minimum absolute atomic E-state index is 0.145. The van der Waals surface area contributed by atoms with E-state index in [0.29, 0.717) is 5.56 Å². The van der Waals surface area contributed by atoms with Crippen molar-refractivity contribution in [2.24, 2.45) is 0 Å². The van der Waals surface area contributed by atoms with Gasteiger partial charge < -0.3 is 0 Å². The summed E-state index contributed by atoms with van der Waals surface area (Å²) in [4.78, 5) is 13.7. The van der Waals surface area contributed by atoms with Crippen LogP contribution in [0.5, 0.6) is 0 Å². The van der Waals surface area contributed by atoms with Crippen molar-refractivity contribution < 1.29 is 13.2 Å². The number of hydrogen-bond acceptors (Lipinski definition) is 4. The zero-order valence-electron chi connectivity index (χ0n) is 12.9. The fraction of sp³-hybridized carbons (Fsp3) is 0.235. The van der Waals surface area contributed by atoms with Crippen LogP contribution in [-0.2, 0) is 10.0 Å². The topological polar surface area (TPSA) is 54.2 Å². The molecule has 0 bridgehead atoms. The first-order valence-electron chi connectivity index (χ1n) is 7.20. The van der Waals surface area contributed by atoms with Gasteiger partial charge in [0.2, 0.25) is 10.0 Å². The van der Waals surface area contributed by atoms with Crippen molar-refractivity contribution in [1.82, 2.24) is 4.31 Å². The van der Waals surface area contributed by atoms with Crippen molar-refractivity contribution in [3.8, 4) is 0 Å². The van der Waals surface area contributed by atoms with Crippen LogP contribution in [-0.4, -0.2) is 37.3 Å². The van der Waals surface area contributed by atoms with Gasteiger partial charge in [0.05, 0.1) is 4.90 Å². The SMILES string of the molecule is CSc1ccc(C(=O)C2CN2S(=O)(=O)c2ccc(C)cc2)cc1. The van der Waals surface area contributed by atoms with E-state index in [1.54, 1.807) is 48.2 Å². The van der Waals surface area contributed by atoms with Crippen LogP contribution in [0.3, 0.4) is 0 Å². The Hall–Kier alpha value is -1.63. The molecule has 6 heteroatoms. The molecular weight excluding hydrogens is 330 g/mol. The lowest BCUT2D eigenvalue weighted by molar-refractivity contribution is 0.0982. The predicted octanol–water partition coefficient (Wildman–Crippen LogP) is 2.97. The van der Waals surface area contributed by atoms with Crippen molar-refractivity contribution in [3.63, 3.8) is 0 Å². The third-order valence-corrected chi connectivity index (χ3v) is 6.50. The van der Waals surface area contributed by atoms with E-state index in [0.717, 1.165) is 10.5 Å². The molecule has 1 aliphatic heterocycles. The molecule has 0 aliphatic carbocycles. The number of Topliss-reactive ketones (excluding diaryl/α,β-unsaturated/α-hetero) is 1. The molecule has 2 aromatic carbocycles. The van der Waals surface area contributed by atoms with Gasteiger partial charge in [0.1, 0.15) is 6.04 Å². The van der Waals surface area contributed by atoms with Crippen LogP contribution in [0, 0.1) is 6.92 Å². The summed E-state index contributed by atoms with van der Waals surface area (Å²) in [7, 11) is -3.59. The van der Waals surface area contributed by atoms with Gasteiger partial charge in [-0.2, -0.15) is 4.31 Å². The highest BCUT2D eigenvalue weighted by atomic mass is 32.2. The van der Waals surface area contributed by atoms with E-state index in [-0.39, 0.29) is 17.2 Å². The quantitative estimate of drug-likeness (QED) is 0.474. The molecule has 1 aliphatic rings. The summed E-state index contributed by atoms with van der Waals surface area (Å²) in [6.07, 6.45) is 1.97. The summed E-state index contributed by atoms with van der Waals surface area (Å²) in [6.45, 7) is 2.15. The van der Waals surface area contributed by atoms with Crippen LogP contribution in [0.4, 0.5) is 0 Å². The van der Waals surface area contributed by atoms with E-state index in [4.69, 9.17) is 0 Å². The fourth-order valence-corrected chi connectivity index (χ4v) is 4.32. The van der Waals surface area contributed by atoms with E-state index >= 15 is 0 Å². The first-order chi connectivity index (χ1) is 10.9. The van der Waals surface area contributed by atoms with Crippen LogP contribution < -0.4 is 0 Å². The summed E-state index contributed by atoms with van der Waals surface area (Å²) in [5.41, 5.74) is 1.55. The van der Waals surface area contributed by atoms with Crippen molar-refractivity contribution in [3.05, 3.63) is 59.7 Å². The average Bonchev–Trinajstić information content (AvgIpc) is 3.36. The number of aryl methyl sites for hydroxylation is 1. The molecule has 120 valence electrons. The zero-order chi connectivity index (χ0) is 16.6. The number of rotatable bonds is 5. The first kappa shape index (κ1) is 16.2. The molecule has 0 saturated carbocycles. The third-order valence-electron chi connectivity index (χ3n) is 3.87.